The lowest BCUT2D eigenvalue weighted by Gasteiger charge is -2.06. The van der Waals surface area contributed by atoms with Crippen molar-refractivity contribution in [1.29, 1.82) is 0 Å². The van der Waals surface area contributed by atoms with Crippen molar-refractivity contribution >= 4 is 27.5 Å². The fraction of sp³-hybridized carbons (Fsp3) is 0.333. The van der Waals surface area contributed by atoms with E-state index in [1.807, 2.05) is 12.3 Å². The van der Waals surface area contributed by atoms with E-state index in [2.05, 4.69) is 39.0 Å². The predicted octanol–water partition coefficient (Wildman–Crippen LogP) is 3.72. The van der Waals surface area contributed by atoms with Crippen molar-refractivity contribution in [3.8, 4) is 5.82 Å². The van der Waals surface area contributed by atoms with Crippen molar-refractivity contribution in [1.82, 2.24) is 14.8 Å². The highest BCUT2D eigenvalue weighted by Crippen LogP contribution is 2.15. The summed E-state index contributed by atoms with van der Waals surface area (Å²) in [6.07, 6.45) is 5.66. The first-order valence-corrected chi connectivity index (χ1v) is 6.82. The third-order valence-electron chi connectivity index (χ3n) is 2.37. The molecule has 0 aromatic carbocycles. The van der Waals surface area contributed by atoms with E-state index in [4.69, 9.17) is 11.6 Å². The second-order valence-electron chi connectivity index (χ2n) is 3.81. The normalized spacial score (nSPS) is 10.8. The maximum Gasteiger partial charge on any atom is 0.153 e. The first-order valence-electron chi connectivity index (χ1n) is 5.49. The van der Waals surface area contributed by atoms with Crippen LogP contribution in [0.15, 0.2) is 29.0 Å². The Kier molecular flexibility index (Phi) is 4.18. The Morgan fingerprint density at radius 1 is 1.41 bits per heavy atom. The molecule has 0 radical (unpaired) electrons. The van der Waals surface area contributed by atoms with Gasteiger partial charge in [-0.1, -0.05) is 13.3 Å². The molecule has 90 valence electrons. The number of hydrogen-bond acceptors (Lipinski definition) is 2. The summed E-state index contributed by atoms with van der Waals surface area (Å²) in [5, 5.41) is 4.23. The van der Waals surface area contributed by atoms with Gasteiger partial charge in [-0.15, -0.1) is 11.6 Å². The standard InChI is InChI=1S/C12H13BrClN3/c1-2-3-11-4-9(6-14)5-12(16-11)17-8-10(13)7-15-17/h4-5,7-8H,2-3,6H2,1H3. The molecule has 5 heteroatoms. The topological polar surface area (TPSA) is 30.7 Å². The van der Waals surface area contributed by atoms with E-state index >= 15 is 0 Å². The molecule has 0 N–H and O–H groups in total. The number of nitrogens with zero attached hydrogens (tertiary/aromatic N) is 3. The molecule has 0 spiro atoms. The van der Waals surface area contributed by atoms with Crippen molar-refractivity contribution in [2.24, 2.45) is 0 Å². The van der Waals surface area contributed by atoms with E-state index in [9.17, 15) is 0 Å². The maximum atomic E-state index is 5.90. The minimum Gasteiger partial charge on any atom is -0.234 e. The van der Waals surface area contributed by atoms with Crippen LogP contribution in [0.4, 0.5) is 0 Å². The van der Waals surface area contributed by atoms with Crippen molar-refractivity contribution in [2.45, 2.75) is 25.6 Å². The summed E-state index contributed by atoms with van der Waals surface area (Å²) < 4.78 is 2.69. The van der Waals surface area contributed by atoms with Crippen LogP contribution in [0.25, 0.3) is 5.82 Å². The molecule has 0 fully saturated rings. The third-order valence-corrected chi connectivity index (χ3v) is 3.09. The van der Waals surface area contributed by atoms with E-state index in [-0.39, 0.29) is 0 Å². The monoisotopic (exact) mass is 313 g/mol. The summed E-state index contributed by atoms with van der Waals surface area (Å²) in [7, 11) is 0. The number of halogens is 2. The molecule has 2 rings (SSSR count). The lowest BCUT2D eigenvalue weighted by Crippen LogP contribution is -2.02. The van der Waals surface area contributed by atoms with Gasteiger partial charge < -0.3 is 0 Å². The molecule has 0 amide bonds. The van der Waals surface area contributed by atoms with Crippen LogP contribution in [0.5, 0.6) is 0 Å². The summed E-state index contributed by atoms with van der Waals surface area (Å²) in [6.45, 7) is 2.14. The third kappa shape index (κ3) is 3.07. The van der Waals surface area contributed by atoms with E-state index < -0.39 is 0 Å². The molecule has 0 unspecified atom stereocenters. The molecule has 2 aromatic rings. The fourth-order valence-electron chi connectivity index (χ4n) is 1.64. The van der Waals surface area contributed by atoms with E-state index in [0.717, 1.165) is 34.4 Å². The number of rotatable bonds is 4. The Bertz CT molecular complexity index is 510. The zero-order chi connectivity index (χ0) is 12.3. The van der Waals surface area contributed by atoms with Crippen LogP contribution in [0.3, 0.4) is 0 Å². The molecule has 2 aromatic heterocycles. The highest BCUT2D eigenvalue weighted by Gasteiger charge is 2.05. The van der Waals surface area contributed by atoms with Crippen molar-refractivity contribution in [3.63, 3.8) is 0 Å². The van der Waals surface area contributed by atoms with Gasteiger partial charge in [0.2, 0.25) is 0 Å². The minimum absolute atomic E-state index is 0.495. The smallest absolute Gasteiger partial charge is 0.153 e. The first-order chi connectivity index (χ1) is 8.22. The van der Waals surface area contributed by atoms with Crippen molar-refractivity contribution in [2.75, 3.05) is 0 Å². The Balaban J connectivity index is 2.42. The molecule has 0 atom stereocenters. The molecule has 3 nitrogen and oxygen atoms in total. The number of aryl methyl sites for hydroxylation is 1. The molecule has 0 saturated heterocycles. The lowest BCUT2D eigenvalue weighted by atomic mass is 10.2. The van der Waals surface area contributed by atoms with Crippen molar-refractivity contribution < 1.29 is 0 Å². The quantitative estimate of drug-likeness (QED) is 0.805. The number of alkyl halides is 1. The fourth-order valence-corrected chi connectivity index (χ4v) is 2.08. The van der Waals surface area contributed by atoms with Gasteiger partial charge in [-0.25, -0.2) is 9.67 Å². The van der Waals surface area contributed by atoms with E-state index in [0.29, 0.717) is 5.88 Å². The van der Waals surface area contributed by atoms with Gasteiger partial charge in [0.15, 0.2) is 5.82 Å². The summed E-state index contributed by atoms with van der Waals surface area (Å²) in [5.74, 6) is 1.31. The molecule has 17 heavy (non-hydrogen) atoms. The Morgan fingerprint density at radius 3 is 2.82 bits per heavy atom. The first kappa shape index (κ1) is 12.6. The highest BCUT2D eigenvalue weighted by molar-refractivity contribution is 9.10. The lowest BCUT2D eigenvalue weighted by molar-refractivity contribution is 0.810. The Morgan fingerprint density at radius 2 is 2.24 bits per heavy atom. The zero-order valence-electron chi connectivity index (χ0n) is 9.53. The summed E-state index contributed by atoms with van der Waals surface area (Å²) in [6, 6.07) is 4.02. The van der Waals surface area contributed by atoms with Crippen LogP contribution in [0.2, 0.25) is 0 Å². The number of hydrogen-bond donors (Lipinski definition) is 0. The van der Waals surface area contributed by atoms with Crippen molar-refractivity contribution in [3.05, 3.63) is 40.3 Å². The van der Waals surface area contributed by atoms with E-state index in [1.54, 1.807) is 10.9 Å². The molecule has 0 aliphatic rings. The van der Waals surface area contributed by atoms with Gasteiger partial charge in [-0.3, -0.25) is 0 Å². The molecule has 0 saturated carbocycles. The van der Waals surface area contributed by atoms with Crippen LogP contribution in [0, 0.1) is 0 Å². The van der Waals surface area contributed by atoms with Gasteiger partial charge in [-0.2, -0.15) is 5.10 Å². The average Bonchev–Trinajstić information content (AvgIpc) is 2.76. The van der Waals surface area contributed by atoms with Gasteiger partial charge in [0.05, 0.1) is 10.7 Å². The van der Waals surface area contributed by atoms with Crippen LogP contribution >= 0.6 is 27.5 Å². The Hall–Kier alpha value is -0.870. The van der Waals surface area contributed by atoms with Gasteiger partial charge in [0.1, 0.15) is 0 Å². The summed E-state index contributed by atoms with van der Waals surface area (Å²) >= 11 is 9.27. The SMILES string of the molecule is CCCc1cc(CCl)cc(-n2cc(Br)cn2)n1. The number of pyridine rings is 1. The highest BCUT2D eigenvalue weighted by atomic mass is 79.9. The average molecular weight is 315 g/mol. The van der Waals surface area contributed by atoms with Gasteiger partial charge in [0.25, 0.3) is 0 Å². The maximum absolute atomic E-state index is 5.90. The van der Waals surface area contributed by atoms with Gasteiger partial charge in [-0.05, 0) is 40.0 Å². The minimum atomic E-state index is 0.495. The van der Waals surface area contributed by atoms with Gasteiger partial charge in [0, 0.05) is 17.8 Å². The number of aromatic nitrogens is 3. The summed E-state index contributed by atoms with van der Waals surface area (Å²) in [5.41, 5.74) is 2.14. The van der Waals surface area contributed by atoms with Crippen LogP contribution in [-0.2, 0) is 12.3 Å². The Labute approximate surface area is 114 Å². The molecule has 0 bridgehead atoms. The van der Waals surface area contributed by atoms with Gasteiger partial charge >= 0.3 is 0 Å². The molecule has 0 aliphatic heterocycles. The molecule has 0 aliphatic carbocycles. The second kappa shape index (κ2) is 5.65. The summed E-state index contributed by atoms with van der Waals surface area (Å²) in [4.78, 5) is 4.58. The second-order valence-corrected chi connectivity index (χ2v) is 4.99. The van der Waals surface area contributed by atoms with Crippen LogP contribution in [-0.4, -0.2) is 14.8 Å². The predicted molar refractivity (Wildman–Crippen MR) is 72.6 cm³/mol. The molecular formula is C12H13BrClN3. The van der Waals surface area contributed by atoms with Crippen LogP contribution in [0.1, 0.15) is 24.6 Å². The largest absolute Gasteiger partial charge is 0.234 e. The molecule has 2 heterocycles. The van der Waals surface area contributed by atoms with E-state index in [1.165, 1.54) is 0 Å². The van der Waals surface area contributed by atoms with Crippen LogP contribution < -0.4 is 0 Å². The molecular weight excluding hydrogens is 302 g/mol. The zero-order valence-corrected chi connectivity index (χ0v) is 11.9.